The van der Waals surface area contributed by atoms with Gasteiger partial charge in [0.15, 0.2) is 0 Å². The minimum Gasteiger partial charge on any atom is -0.465 e. The van der Waals surface area contributed by atoms with Crippen LogP contribution in [0.5, 0.6) is 0 Å². The number of amides is 1. The number of hydrogen-bond donors (Lipinski definition) is 2. The van der Waals surface area contributed by atoms with Gasteiger partial charge in [0, 0.05) is 0 Å². The zero-order chi connectivity index (χ0) is 9.47. The Morgan fingerprint density at radius 2 is 2.46 bits per heavy atom. The van der Waals surface area contributed by atoms with Gasteiger partial charge < -0.3 is 14.8 Å². The summed E-state index contributed by atoms with van der Waals surface area (Å²) in [7, 11) is 0. The Hall–Kier alpha value is -1.52. The summed E-state index contributed by atoms with van der Waals surface area (Å²) in [6, 6.07) is 0. The predicted octanol–water partition coefficient (Wildman–Crippen LogP) is 1.24. The topological polar surface area (TPSA) is 75.4 Å². The third kappa shape index (κ3) is 1.37. The quantitative estimate of drug-likeness (QED) is 0.721. The van der Waals surface area contributed by atoms with Crippen LogP contribution in [0.1, 0.15) is 24.5 Å². The van der Waals surface area contributed by atoms with Crippen LogP contribution in [0.25, 0.3) is 0 Å². The number of aromatic nitrogens is 1. The molecule has 1 saturated carbocycles. The number of nitrogens with one attached hydrogen (secondary N) is 1. The van der Waals surface area contributed by atoms with Gasteiger partial charge in [0.25, 0.3) is 0 Å². The SMILES string of the molecule is Cc1cnc(C2(NC(=O)O)CC2)o1. The van der Waals surface area contributed by atoms with E-state index >= 15 is 0 Å². The fraction of sp³-hybridized carbons (Fsp3) is 0.500. The van der Waals surface area contributed by atoms with Gasteiger partial charge >= 0.3 is 6.09 Å². The second kappa shape index (κ2) is 2.48. The minimum absolute atomic E-state index is 0.479. The lowest BCUT2D eigenvalue weighted by atomic mass is 10.3. The first-order valence-corrected chi connectivity index (χ1v) is 4.06. The lowest BCUT2D eigenvalue weighted by molar-refractivity contribution is 0.185. The van der Waals surface area contributed by atoms with Gasteiger partial charge in [-0.2, -0.15) is 0 Å². The van der Waals surface area contributed by atoms with E-state index in [9.17, 15) is 4.79 Å². The largest absolute Gasteiger partial charge is 0.465 e. The molecule has 1 aliphatic carbocycles. The highest BCUT2D eigenvalue weighted by molar-refractivity contribution is 5.66. The lowest BCUT2D eigenvalue weighted by Gasteiger charge is -2.09. The molecular formula is C8H10N2O3. The number of carboxylic acid groups (broad SMARTS) is 1. The molecule has 5 nitrogen and oxygen atoms in total. The zero-order valence-electron chi connectivity index (χ0n) is 7.20. The van der Waals surface area contributed by atoms with Gasteiger partial charge in [0.05, 0.1) is 6.20 Å². The molecule has 1 heterocycles. The van der Waals surface area contributed by atoms with Crippen molar-refractivity contribution >= 4 is 6.09 Å². The van der Waals surface area contributed by atoms with E-state index in [4.69, 9.17) is 9.52 Å². The molecule has 1 aliphatic rings. The molecule has 1 aromatic heterocycles. The first kappa shape index (κ1) is 8.10. The van der Waals surface area contributed by atoms with E-state index in [1.165, 1.54) is 0 Å². The van der Waals surface area contributed by atoms with Crippen molar-refractivity contribution in [3.05, 3.63) is 17.8 Å². The summed E-state index contributed by atoms with van der Waals surface area (Å²) in [5.74, 6) is 1.18. The van der Waals surface area contributed by atoms with Crippen LogP contribution in [0, 0.1) is 6.92 Å². The highest BCUT2D eigenvalue weighted by Gasteiger charge is 2.50. The molecule has 0 radical (unpaired) electrons. The average molecular weight is 182 g/mol. The molecule has 5 heteroatoms. The number of nitrogens with zero attached hydrogens (tertiary/aromatic N) is 1. The normalized spacial score (nSPS) is 18.2. The van der Waals surface area contributed by atoms with Crippen LogP contribution in [-0.2, 0) is 5.54 Å². The molecule has 0 bridgehead atoms. The van der Waals surface area contributed by atoms with Crippen LogP contribution in [0.4, 0.5) is 4.79 Å². The van der Waals surface area contributed by atoms with E-state index < -0.39 is 11.6 Å². The molecule has 0 spiro atoms. The second-order valence-corrected chi connectivity index (χ2v) is 3.29. The van der Waals surface area contributed by atoms with Crippen LogP contribution in [-0.4, -0.2) is 16.2 Å². The van der Waals surface area contributed by atoms with Crippen LogP contribution in [0.2, 0.25) is 0 Å². The molecule has 0 aromatic carbocycles. The zero-order valence-corrected chi connectivity index (χ0v) is 7.20. The average Bonchev–Trinajstić information content (AvgIpc) is 2.65. The van der Waals surface area contributed by atoms with Crippen LogP contribution in [0.15, 0.2) is 10.6 Å². The smallest absolute Gasteiger partial charge is 0.405 e. The van der Waals surface area contributed by atoms with E-state index in [0.29, 0.717) is 11.7 Å². The van der Waals surface area contributed by atoms with E-state index in [1.807, 2.05) is 0 Å². The molecule has 1 aromatic rings. The highest BCUT2D eigenvalue weighted by atomic mass is 16.4. The summed E-state index contributed by atoms with van der Waals surface area (Å²) < 4.78 is 5.27. The molecule has 13 heavy (non-hydrogen) atoms. The Bertz CT molecular complexity index is 341. The van der Waals surface area contributed by atoms with Gasteiger partial charge in [-0.1, -0.05) is 0 Å². The Labute approximate surface area is 74.8 Å². The van der Waals surface area contributed by atoms with Crippen molar-refractivity contribution in [2.75, 3.05) is 0 Å². The maximum Gasteiger partial charge on any atom is 0.405 e. The first-order chi connectivity index (χ1) is 6.12. The minimum atomic E-state index is -1.03. The summed E-state index contributed by atoms with van der Waals surface area (Å²) >= 11 is 0. The van der Waals surface area contributed by atoms with Gasteiger partial charge in [-0.25, -0.2) is 9.78 Å². The maximum atomic E-state index is 10.5. The van der Waals surface area contributed by atoms with Crippen LogP contribution in [0.3, 0.4) is 0 Å². The van der Waals surface area contributed by atoms with E-state index in [2.05, 4.69) is 10.3 Å². The third-order valence-corrected chi connectivity index (χ3v) is 2.13. The van der Waals surface area contributed by atoms with Crippen molar-refractivity contribution in [1.82, 2.24) is 10.3 Å². The fourth-order valence-electron chi connectivity index (χ4n) is 1.30. The Morgan fingerprint density at radius 1 is 1.77 bits per heavy atom. The summed E-state index contributed by atoms with van der Waals surface area (Å²) in [6.45, 7) is 1.79. The number of oxazole rings is 1. The van der Waals surface area contributed by atoms with E-state index in [-0.39, 0.29) is 0 Å². The molecule has 70 valence electrons. The summed E-state index contributed by atoms with van der Waals surface area (Å²) in [4.78, 5) is 14.5. The van der Waals surface area contributed by atoms with Crippen molar-refractivity contribution in [1.29, 1.82) is 0 Å². The summed E-state index contributed by atoms with van der Waals surface area (Å²) in [6.07, 6.45) is 2.09. The molecule has 0 atom stereocenters. The number of aryl methyl sites for hydroxylation is 1. The van der Waals surface area contributed by atoms with Crippen molar-refractivity contribution in [3.63, 3.8) is 0 Å². The monoisotopic (exact) mass is 182 g/mol. The highest BCUT2D eigenvalue weighted by Crippen LogP contribution is 2.44. The molecular weight excluding hydrogens is 172 g/mol. The molecule has 0 unspecified atom stereocenters. The molecule has 2 rings (SSSR count). The molecule has 0 saturated heterocycles. The first-order valence-electron chi connectivity index (χ1n) is 4.06. The fourth-order valence-corrected chi connectivity index (χ4v) is 1.30. The van der Waals surface area contributed by atoms with Crippen molar-refractivity contribution in [2.45, 2.75) is 25.3 Å². The van der Waals surface area contributed by atoms with Gasteiger partial charge in [0.2, 0.25) is 5.89 Å². The number of hydrogen-bond acceptors (Lipinski definition) is 3. The standard InChI is InChI=1S/C8H10N2O3/c1-5-4-9-6(13-5)8(2-3-8)10-7(11)12/h4,10H,2-3H2,1H3,(H,11,12). The number of rotatable bonds is 2. The summed E-state index contributed by atoms with van der Waals surface area (Å²) in [5, 5.41) is 11.0. The second-order valence-electron chi connectivity index (χ2n) is 3.29. The van der Waals surface area contributed by atoms with Crippen molar-refractivity contribution < 1.29 is 14.3 Å². The van der Waals surface area contributed by atoms with Crippen LogP contribution < -0.4 is 5.32 Å². The Balaban J connectivity index is 2.20. The van der Waals surface area contributed by atoms with Crippen LogP contribution >= 0.6 is 0 Å². The van der Waals surface area contributed by atoms with E-state index in [1.54, 1.807) is 13.1 Å². The van der Waals surface area contributed by atoms with Gasteiger partial charge in [-0.3, -0.25) is 0 Å². The van der Waals surface area contributed by atoms with E-state index in [0.717, 1.165) is 12.8 Å². The van der Waals surface area contributed by atoms with Gasteiger partial charge in [0.1, 0.15) is 11.3 Å². The Morgan fingerprint density at radius 3 is 2.85 bits per heavy atom. The van der Waals surface area contributed by atoms with Gasteiger partial charge in [-0.05, 0) is 19.8 Å². The van der Waals surface area contributed by atoms with Crippen molar-refractivity contribution in [3.8, 4) is 0 Å². The Kier molecular flexibility index (Phi) is 1.55. The molecule has 1 amide bonds. The molecule has 2 N–H and O–H groups in total. The lowest BCUT2D eigenvalue weighted by Crippen LogP contribution is -2.33. The molecule has 1 fully saturated rings. The maximum absolute atomic E-state index is 10.5. The predicted molar refractivity (Wildman–Crippen MR) is 43.3 cm³/mol. The summed E-state index contributed by atoms with van der Waals surface area (Å²) in [5.41, 5.74) is -0.542. The number of carbonyl (C=O) groups is 1. The van der Waals surface area contributed by atoms with Gasteiger partial charge in [-0.15, -0.1) is 0 Å². The third-order valence-electron chi connectivity index (χ3n) is 2.13. The molecule has 0 aliphatic heterocycles. The van der Waals surface area contributed by atoms with Crippen molar-refractivity contribution in [2.24, 2.45) is 0 Å².